The summed E-state index contributed by atoms with van der Waals surface area (Å²) in [7, 11) is 1.69. The molecule has 0 rings (SSSR count). The van der Waals surface area contributed by atoms with Gasteiger partial charge in [0.05, 0.1) is 18.8 Å². The summed E-state index contributed by atoms with van der Waals surface area (Å²) in [5, 5.41) is 9.07. The van der Waals surface area contributed by atoms with Crippen LogP contribution in [-0.4, -0.2) is 31.0 Å². The van der Waals surface area contributed by atoms with Crippen LogP contribution < -0.4 is 5.73 Å². The zero-order valence-corrected chi connectivity index (χ0v) is 18.0. The lowest BCUT2D eigenvalue weighted by Crippen LogP contribution is -2.39. The van der Waals surface area contributed by atoms with Crippen molar-refractivity contribution in [3.63, 3.8) is 0 Å². The Morgan fingerprint density at radius 3 is 1.31 bits per heavy atom. The Balaban J connectivity index is 3.15. The summed E-state index contributed by atoms with van der Waals surface area (Å²) >= 11 is 0. The lowest BCUT2D eigenvalue weighted by molar-refractivity contribution is 0.0515. The summed E-state index contributed by atoms with van der Waals surface area (Å²) in [5.41, 5.74) is 5.82. The summed E-state index contributed by atoms with van der Waals surface area (Å²) in [6.07, 6.45) is 24.7. The molecule has 0 spiro atoms. The maximum atomic E-state index is 9.07. The van der Waals surface area contributed by atoms with Crippen LogP contribution in [0.5, 0.6) is 0 Å². The fourth-order valence-electron chi connectivity index (χ4n) is 3.69. The summed E-state index contributed by atoms with van der Waals surface area (Å²) in [6.45, 7) is 2.30. The molecule has 0 aliphatic rings. The molecule has 0 aliphatic heterocycles. The van der Waals surface area contributed by atoms with Gasteiger partial charge in [0.1, 0.15) is 0 Å². The van der Waals surface area contributed by atoms with E-state index in [1.54, 1.807) is 7.11 Å². The van der Waals surface area contributed by atoms with E-state index in [1.807, 2.05) is 0 Å². The van der Waals surface area contributed by atoms with Gasteiger partial charge in [-0.05, 0) is 6.42 Å². The summed E-state index contributed by atoms with van der Waals surface area (Å²) in [6, 6.07) is -0.235. The number of nitrogens with two attached hydrogens (primary N) is 1. The molecule has 0 heterocycles. The van der Waals surface area contributed by atoms with E-state index in [-0.39, 0.29) is 18.8 Å². The molecule has 0 saturated heterocycles. The molecule has 0 fully saturated rings. The molecule has 3 heteroatoms. The lowest BCUT2D eigenvalue weighted by Gasteiger charge is -2.20. The average molecular weight is 372 g/mol. The van der Waals surface area contributed by atoms with Crippen molar-refractivity contribution in [2.24, 2.45) is 5.73 Å². The maximum Gasteiger partial charge on any atom is 0.0744 e. The predicted molar refractivity (Wildman–Crippen MR) is 115 cm³/mol. The van der Waals surface area contributed by atoms with E-state index in [1.165, 1.54) is 103 Å². The minimum Gasteiger partial charge on any atom is -0.395 e. The molecule has 0 amide bonds. The van der Waals surface area contributed by atoms with Gasteiger partial charge in [-0.3, -0.25) is 0 Å². The van der Waals surface area contributed by atoms with Crippen molar-refractivity contribution in [2.45, 2.75) is 135 Å². The first-order valence-corrected chi connectivity index (χ1v) is 11.7. The lowest BCUT2D eigenvalue weighted by atomic mass is 10.0. The minimum atomic E-state index is -0.235. The van der Waals surface area contributed by atoms with Gasteiger partial charge in [-0.1, -0.05) is 116 Å². The van der Waals surface area contributed by atoms with Crippen molar-refractivity contribution in [3.05, 3.63) is 0 Å². The summed E-state index contributed by atoms with van der Waals surface area (Å²) in [4.78, 5) is 0. The van der Waals surface area contributed by atoms with Gasteiger partial charge >= 0.3 is 0 Å². The first kappa shape index (κ1) is 25.9. The van der Waals surface area contributed by atoms with Gasteiger partial charge < -0.3 is 15.6 Å². The van der Waals surface area contributed by atoms with E-state index < -0.39 is 0 Å². The zero-order valence-electron chi connectivity index (χ0n) is 18.0. The Kier molecular flexibility index (Phi) is 21.1. The molecule has 0 bridgehead atoms. The van der Waals surface area contributed by atoms with E-state index in [9.17, 15) is 0 Å². The van der Waals surface area contributed by atoms with Crippen LogP contribution in [-0.2, 0) is 4.74 Å². The van der Waals surface area contributed by atoms with Gasteiger partial charge in [0.15, 0.2) is 0 Å². The van der Waals surface area contributed by atoms with Crippen LogP contribution in [0.4, 0.5) is 0 Å². The van der Waals surface area contributed by atoms with Crippen LogP contribution in [0.15, 0.2) is 0 Å². The molecule has 158 valence electrons. The maximum absolute atomic E-state index is 9.07. The van der Waals surface area contributed by atoms with Gasteiger partial charge in [-0.25, -0.2) is 0 Å². The van der Waals surface area contributed by atoms with Gasteiger partial charge in [-0.2, -0.15) is 0 Å². The molecular weight excluding hydrogens is 322 g/mol. The molecule has 0 aliphatic carbocycles. The number of hydrogen-bond acceptors (Lipinski definition) is 3. The van der Waals surface area contributed by atoms with Crippen LogP contribution in [0, 0.1) is 0 Å². The Labute approximate surface area is 164 Å². The van der Waals surface area contributed by atoms with Crippen LogP contribution >= 0.6 is 0 Å². The zero-order chi connectivity index (χ0) is 19.3. The van der Waals surface area contributed by atoms with Crippen molar-refractivity contribution >= 4 is 0 Å². The number of aliphatic hydroxyl groups is 1. The first-order valence-electron chi connectivity index (χ1n) is 11.7. The molecule has 3 N–H and O–H groups in total. The van der Waals surface area contributed by atoms with E-state index in [0.29, 0.717) is 0 Å². The average Bonchev–Trinajstić information content (AvgIpc) is 2.66. The highest BCUT2D eigenvalue weighted by atomic mass is 16.5. The van der Waals surface area contributed by atoms with Crippen LogP contribution in [0.2, 0.25) is 0 Å². The largest absolute Gasteiger partial charge is 0.395 e. The number of rotatable bonds is 21. The smallest absolute Gasteiger partial charge is 0.0744 e. The van der Waals surface area contributed by atoms with Crippen molar-refractivity contribution in [3.8, 4) is 0 Å². The molecular formula is C23H49NO2. The normalized spacial score (nSPS) is 13.8. The fourth-order valence-corrected chi connectivity index (χ4v) is 3.69. The number of aliphatic hydroxyl groups excluding tert-OH is 1. The highest BCUT2D eigenvalue weighted by Crippen LogP contribution is 2.15. The Hall–Kier alpha value is -0.120. The number of ether oxygens (including phenoxy) is 1. The molecule has 26 heavy (non-hydrogen) atoms. The summed E-state index contributed by atoms with van der Waals surface area (Å²) < 4.78 is 5.35. The molecule has 0 aromatic carbocycles. The third kappa shape index (κ3) is 17.3. The standard InChI is InChI=1S/C23H49NO2/c1-3-4-5-6-7-8-9-10-11-12-13-14-15-16-17-18-19-20-23(26-2)22(24)21-25/h22-23,25H,3-21,24H2,1-2H3/t22-,23+/m0/s1. The number of unbranched alkanes of at least 4 members (excludes halogenated alkanes) is 16. The SMILES string of the molecule is CCCCCCCCCCCCCCCCCCC[C@@H](OC)[C@@H](N)CO. The number of hydrogen-bond donors (Lipinski definition) is 2. The molecule has 3 nitrogen and oxygen atoms in total. The molecule has 0 unspecified atom stereocenters. The van der Waals surface area contributed by atoms with Crippen LogP contribution in [0.25, 0.3) is 0 Å². The molecule has 2 atom stereocenters. The second-order valence-corrected chi connectivity index (χ2v) is 8.07. The van der Waals surface area contributed by atoms with Crippen molar-refractivity contribution in [1.82, 2.24) is 0 Å². The second kappa shape index (κ2) is 21.2. The highest BCUT2D eigenvalue weighted by molar-refractivity contribution is 4.72. The quantitative estimate of drug-likeness (QED) is 0.231. The topological polar surface area (TPSA) is 55.5 Å². The van der Waals surface area contributed by atoms with Gasteiger partial charge in [0.25, 0.3) is 0 Å². The van der Waals surface area contributed by atoms with Crippen LogP contribution in [0.3, 0.4) is 0 Å². The van der Waals surface area contributed by atoms with E-state index in [0.717, 1.165) is 12.8 Å². The van der Waals surface area contributed by atoms with E-state index in [2.05, 4.69) is 6.92 Å². The minimum absolute atomic E-state index is 0.0105. The van der Waals surface area contributed by atoms with Gasteiger partial charge in [-0.15, -0.1) is 0 Å². The molecule has 0 aromatic rings. The predicted octanol–water partition coefficient (Wildman–Crippen LogP) is 6.36. The van der Waals surface area contributed by atoms with E-state index in [4.69, 9.17) is 15.6 Å². The monoisotopic (exact) mass is 371 g/mol. The Bertz CT molecular complexity index is 261. The summed E-state index contributed by atoms with van der Waals surface area (Å²) in [5.74, 6) is 0. The Morgan fingerprint density at radius 1 is 0.654 bits per heavy atom. The molecule has 0 aromatic heterocycles. The third-order valence-electron chi connectivity index (χ3n) is 5.58. The van der Waals surface area contributed by atoms with Crippen LogP contribution in [0.1, 0.15) is 122 Å². The van der Waals surface area contributed by atoms with Crippen molar-refractivity contribution in [1.29, 1.82) is 0 Å². The van der Waals surface area contributed by atoms with Crippen molar-refractivity contribution in [2.75, 3.05) is 13.7 Å². The first-order chi connectivity index (χ1) is 12.8. The second-order valence-electron chi connectivity index (χ2n) is 8.07. The van der Waals surface area contributed by atoms with E-state index >= 15 is 0 Å². The third-order valence-corrected chi connectivity index (χ3v) is 5.58. The number of methoxy groups -OCH3 is 1. The molecule has 0 radical (unpaired) electrons. The van der Waals surface area contributed by atoms with Crippen molar-refractivity contribution < 1.29 is 9.84 Å². The fraction of sp³-hybridized carbons (Fsp3) is 1.00. The molecule has 0 saturated carbocycles. The highest BCUT2D eigenvalue weighted by Gasteiger charge is 2.15. The Morgan fingerprint density at radius 2 is 1.00 bits per heavy atom. The van der Waals surface area contributed by atoms with Gasteiger partial charge in [0.2, 0.25) is 0 Å². The van der Waals surface area contributed by atoms with Gasteiger partial charge in [0, 0.05) is 7.11 Å².